The Kier molecular flexibility index (Phi) is 10.8. The second kappa shape index (κ2) is 14.7. The molecule has 5 rings (SSSR count). The van der Waals surface area contributed by atoms with Crippen LogP contribution in [0.25, 0.3) is 0 Å². The van der Waals surface area contributed by atoms with E-state index in [-0.39, 0.29) is 17.6 Å². The van der Waals surface area contributed by atoms with Crippen molar-refractivity contribution in [2.24, 2.45) is 0 Å². The quantitative estimate of drug-likeness (QED) is 0.113. The molecule has 0 aliphatic carbocycles. The van der Waals surface area contributed by atoms with Crippen LogP contribution < -0.4 is 9.80 Å². The summed E-state index contributed by atoms with van der Waals surface area (Å²) in [5, 5.41) is 0. The van der Waals surface area contributed by atoms with Gasteiger partial charge in [-0.25, -0.2) is 9.18 Å². The average Bonchev–Trinajstić information content (AvgIpc) is 3.32. The van der Waals surface area contributed by atoms with Gasteiger partial charge in [-0.2, -0.15) is 0 Å². The molecule has 0 aromatic heterocycles. The van der Waals surface area contributed by atoms with E-state index in [1.54, 1.807) is 12.1 Å². The van der Waals surface area contributed by atoms with Crippen LogP contribution in [0.3, 0.4) is 0 Å². The summed E-state index contributed by atoms with van der Waals surface area (Å²) in [5.41, 5.74) is 4.56. The number of ketones is 1. The number of carbonyl (C=O) groups excluding carboxylic acids is 2. The van der Waals surface area contributed by atoms with Crippen LogP contribution in [0.4, 0.5) is 15.8 Å². The van der Waals surface area contributed by atoms with Gasteiger partial charge in [-0.1, -0.05) is 70.4 Å². The first kappa shape index (κ1) is 31.5. The zero-order valence-corrected chi connectivity index (χ0v) is 26.4. The highest BCUT2D eigenvalue weighted by atomic mass is 19.1. The number of piperidine rings is 1. The maximum Gasteiger partial charge on any atom is 0.366 e. The molecule has 43 heavy (non-hydrogen) atoms. The van der Waals surface area contributed by atoms with Crippen LogP contribution in [-0.2, 0) is 9.63 Å². The number of nitrogens with zero attached hydrogens (tertiary/aromatic N) is 3. The van der Waals surface area contributed by atoms with Gasteiger partial charge in [0.05, 0.1) is 23.7 Å². The Balaban J connectivity index is 1.22. The number of rotatable bonds is 16. The summed E-state index contributed by atoms with van der Waals surface area (Å²) in [7, 11) is 2.17. The summed E-state index contributed by atoms with van der Waals surface area (Å²) in [5.74, 6) is -0.153. The zero-order valence-electron chi connectivity index (χ0n) is 26.4. The standard InChI is InChI=1S/C36H51FN3O3/c1-3-4-5-6-7-8-9-10-11-17-35(42)43-40(25-13-16-34(41)28-18-20-29(37)21-19-28)26-22-32-31(27-40)30-14-12-15-33-36(30)39(32)24-23-38(33)2/h12,14-15,18-21,31-32H,3-11,13,16-17,22-27H2,1-2H3/q+1/t31-,32-,40?/m0/s1. The highest BCUT2D eigenvalue weighted by Gasteiger charge is 2.52. The van der Waals surface area contributed by atoms with E-state index in [9.17, 15) is 14.0 Å². The van der Waals surface area contributed by atoms with Crippen LogP contribution in [0.1, 0.15) is 112 Å². The summed E-state index contributed by atoms with van der Waals surface area (Å²) in [6.07, 6.45) is 13.3. The van der Waals surface area contributed by atoms with E-state index in [1.807, 2.05) is 0 Å². The van der Waals surface area contributed by atoms with Crippen molar-refractivity contribution >= 4 is 23.1 Å². The van der Waals surface area contributed by atoms with Gasteiger partial charge < -0.3 is 9.80 Å². The van der Waals surface area contributed by atoms with E-state index >= 15 is 0 Å². The van der Waals surface area contributed by atoms with Gasteiger partial charge in [0.15, 0.2) is 5.78 Å². The molecule has 234 valence electrons. The number of likely N-dealkylation sites (N-methyl/N-ethyl adjacent to an activating group) is 1. The van der Waals surface area contributed by atoms with E-state index < -0.39 is 0 Å². The number of benzene rings is 2. The molecule has 1 saturated heterocycles. The Bertz CT molecular complexity index is 1230. The fourth-order valence-corrected chi connectivity index (χ4v) is 7.59. The fraction of sp³-hybridized carbons (Fsp3) is 0.611. The third-order valence-electron chi connectivity index (χ3n) is 9.96. The van der Waals surface area contributed by atoms with Crippen molar-refractivity contribution < 1.29 is 23.5 Å². The highest BCUT2D eigenvalue weighted by molar-refractivity contribution is 5.95. The molecule has 0 radical (unpaired) electrons. The molecule has 2 aromatic rings. The highest BCUT2D eigenvalue weighted by Crippen LogP contribution is 2.51. The van der Waals surface area contributed by atoms with Crippen LogP contribution in [0.5, 0.6) is 0 Å². The Labute approximate surface area is 257 Å². The second-order valence-corrected chi connectivity index (χ2v) is 13.1. The van der Waals surface area contributed by atoms with Gasteiger partial charge in [-0.3, -0.25) is 9.63 Å². The number of para-hydroxylation sites is 1. The van der Waals surface area contributed by atoms with Crippen LogP contribution in [0, 0.1) is 5.82 Å². The van der Waals surface area contributed by atoms with Crippen LogP contribution in [0.2, 0.25) is 0 Å². The molecule has 1 unspecified atom stereocenters. The molecule has 7 heteroatoms. The zero-order chi connectivity index (χ0) is 30.2. The largest absolute Gasteiger partial charge is 0.371 e. The van der Waals surface area contributed by atoms with Gasteiger partial charge in [0.2, 0.25) is 0 Å². The minimum atomic E-state index is -0.341. The number of hydrogen-bond acceptors (Lipinski definition) is 5. The minimum absolute atomic E-state index is 0.00464. The topological polar surface area (TPSA) is 49.9 Å². The van der Waals surface area contributed by atoms with Gasteiger partial charge in [0, 0.05) is 51.0 Å². The second-order valence-electron chi connectivity index (χ2n) is 13.1. The molecule has 3 aliphatic rings. The first-order chi connectivity index (χ1) is 20.9. The van der Waals surface area contributed by atoms with E-state index in [2.05, 4.69) is 42.0 Å². The lowest BCUT2D eigenvalue weighted by atomic mass is 9.88. The number of unbranched alkanes of at least 4 members (excludes halogenated alkanes) is 8. The normalized spacial score (nSPS) is 22.3. The number of hydrogen-bond donors (Lipinski definition) is 0. The van der Waals surface area contributed by atoms with Crippen molar-refractivity contribution in [1.29, 1.82) is 0 Å². The van der Waals surface area contributed by atoms with Gasteiger partial charge in [-0.15, -0.1) is 4.65 Å². The number of hydroxylamine groups is 3. The van der Waals surface area contributed by atoms with Crippen molar-refractivity contribution in [2.75, 3.05) is 49.6 Å². The molecule has 0 bridgehead atoms. The maximum absolute atomic E-state index is 13.4. The number of fused-ring (bicyclic) bond motifs is 3. The summed E-state index contributed by atoms with van der Waals surface area (Å²) in [4.78, 5) is 37.5. The van der Waals surface area contributed by atoms with Gasteiger partial charge in [0.1, 0.15) is 25.5 Å². The Hall–Kier alpha value is -2.93. The summed E-state index contributed by atoms with van der Waals surface area (Å²) >= 11 is 0. The van der Waals surface area contributed by atoms with E-state index in [0.29, 0.717) is 48.0 Å². The third-order valence-corrected chi connectivity index (χ3v) is 9.96. The molecule has 3 aliphatic heterocycles. The van der Waals surface area contributed by atoms with Crippen molar-refractivity contribution in [3.63, 3.8) is 0 Å². The van der Waals surface area contributed by atoms with E-state index in [4.69, 9.17) is 4.84 Å². The number of Topliss-reactive ketones (excluding diaryl/α,β-unsaturated/α-hetero) is 1. The predicted molar refractivity (Wildman–Crippen MR) is 171 cm³/mol. The number of carbonyl (C=O) groups is 2. The Morgan fingerprint density at radius 2 is 1.63 bits per heavy atom. The molecular formula is C36H51FN3O3+. The number of quaternary nitrogens is 1. The van der Waals surface area contributed by atoms with Crippen LogP contribution >= 0.6 is 0 Å². The van der Waals surface area contributed by atoms with Crippen molar-refractivity contribution in [2.45, 2.75) is 102 Å². The molecule has 2 aromatic carbocycles. The number of halogens is 1. The van der Waals surface area contributed by atoms with Gasteiger partial charge >= 0.3 is 5.97 Å². The Morgan fingerprint density at radius 3 is 2.37 bits per heavy atom. The summed E-state index contributed by atoms with van der Waals surface area (Å²) < 4.78 is 13.7. The first-order valence-corrected chi connectivity index (χ1v) is 16.9. The maximum atomic E-state index is 13.4. The smallest absolute Gasteiger partial charge is 0.366 e. The minimum Gasteiger partial charge on any atom is -0.371 e. The van der Waals surface area contributed by atoms with Gasteiger partial charge in [0.25, 0.3) is 0 Å². The van der Waals surface area contributed by atoms with E-state index in [1.165, 1.54) is 74.0 Å². The third kappa shape index (κ3) is 7.60. The molecule has 6 nitrogen and oxygen atoms in total. The van der Waals surface area contributed by atoms with Crippen LogP contribution in [-0.4, -0.2) is 62.2 Å². The Morgan fingerprint density at radius 1 is 0.907 bits per heavy atom. The molecule has 0 spiro atoms. The lowest BCUT2D eigenvalue weighted by Gasteiger charge is -2.44. The molecule has 3 heterocycles. The lowest BCUT2D eigenvalue weighted by Crippen LogP contribution is -2.59. The van der Waals surface area contributed by atoms with Gasteiger partial charge in [-0.05, 0) is 42.3 Å². The number of anilines is 2. The summed E-state index contributed by atoms with van der Waals surface area (Å²) in [6.45, 7) is 6.41. The monoisotopic (exact) mass is 592 g/mol. The SMILES string of the molecule is CCCCCCCCCCCC(=O)O[N+]1(CCCC(=O)c2ccc(F)cc2)CC[C@H]2[C@@H](C1)c1cccc3c1N2CCN3C. The van der Waals surface area contributed by atoms with E-state index in [0.717, 1.165) is 45.4 Å². The average molecular weight is 593 g/mol. The molecule has 0 N–H and O–H groups in total. The van der Waals surface area contributed by atoms with Crippen molar-refractivity contribution in [3.05, 3.63) is 59.4 Å². The molecule has 3 atom stereocenters. The molecular weight excluding hydrogens is 541 g/mol. The lowest BCUT2D eigenvalue weighted by molar-refractivity contribution is -1.09. The predicted octanol–water partition coefficient (Wildman–Crippen LogP) is 7.81. The van der Waals surface area contributed by atoms with Crippen molar-refractivity contribution in [1.82, 2.24) is 0 Å². The first-order valence-electron chi connectivity index (χ1n) is 16.9. The molecule has 1 fully saturated rings. The molecule has 0 amide bonds. The van der Waals surface area contributed by atoms with Crippen LogP contribution in [0.15, 0.2) is 42.5 Å². The number of likely N-dealkylation sites (tertiary alicyclic amines) is 1. The molecule has 0 saturated carbocycles. The fourth-order valence-electron chi connectivity index (χ4n) is 7.59. The van der Waals surface area contributed by atoms with Crippen molar-refractivity contribution in [3.8, 4) is 0 Å². The summed E-state index contributed by atoms with van der Waals surface area (Å²) in [6, 6.07) is 12.8.